The van der Waals surface area contributed by atoms with Crippen LogP contribution in [-0.2, 0) is 44.8 Å². The lowest BCUT2D eigenvalue weighted by molar-refractivity contribution is -0.142. The highest BCUT2D eigenvalue weighted by molar-refractivity contribution is 7.99. The van der Waals surface area contributed by atoms with Crippen molar-refractivity contribution < 1.29 is 53.3 Å². The number of nitrogens with one attached hydrogen (secondary N) is 8. The highest BCUT2D eigenvalue weighted by Gasteiger charge is 2.33. The predicted octanol–water partition coefficient (Wildman–Crippen LogP) is -1.24. The Kier molecular flexibility index (Phi) is 32.0. The largest absolute Gasteiger partial charge is 0.480 e. The number of carboxylic acid groups (broad SMARTS) is 1. The molecule has 0 aliphatic heterocycles. The number of ether oxygens (including phenoxy) is 1. The van der Waals surface area contributed by atoms with Crippen molar-refractivity contribution in [2.24, 2.45) is 22.9 Å². The standard InChI is InChI=1S/C52H86N16O12S/c1-3-4-25-59-51-66-42(57)41-43(67-51)68(52(79)65-41)29-33-18-20-34(21-19-33)44(71)58-26-12-8-16-38(47(74)60-37(15-6-10-23-54)48(75)63-39(50(77)78)17-7-11-24-55)61-46(73)36(14-5-9-22-53)62-49(76)40(30-69)64-45(72)35(56)31-81-28-13-27-80-32(2)70/h18-21,35-40,69H,3-17,22-31,53-56H2,1-2H3,(H,58,71)(H,60,74)(H,61,73)(H,62,76)(H,63,75)(H,64,72)(H,65,79)(H,77,78)(H3,57,59,66,67)/t35-,36-,37-,38-,39-,40-/m0/s1. The van der Waals surface area contributed by atoms with Crippen molar-refractivity contribution in [3.05, 3.63) is 45.9 Å². The molecule has 20 N–H and O–H groups in total. The van der Waals surface area contributed by atoms with Crippen molar-refractivity contribution in [1.29, 1.82) is 0 Å². The molecule has 3 aromatic rings. The number of thioether (sulfide) groups is 1. The number of aliphatic hydroxyl groups is 1. The molecule has 28 nitrogen and oxygen atoms in total. The van der Waals surface area contributed by atoms with E-state index in [9.17, 15) is 53.4 Å². The second-order valence-electron chi connectivity index (χ2n) is 19.4. The fourth-order valence-corrected chi connectivity index (χ4v) is 9.04. The number of H-pyrrole nitrogens is 1. The number of nitrogens with zero attached hydrogens (tertiary/aromatic N) is 3. The van der Waals surface area contributed by atoms with Crippen LogP contribution in [0.2, 0.25) is 0 Å². The first-order valence-corrected chi connectivity index (χ1v) is 28.8. The van der Waals surface area contributed by atoms with Gasteiger partial charge in [-0.2, -0.15) is 21.7 Å². The number of amides is 6. The number of nitrogen functional groups attached to an aromatic ring is 1. The molecule has 0 saturated carbocycles. The second kappa shape index (κ2) is 37.9. The van der Waals surface area contributed by atoms with Gasteiger partial charge in [0.05, 0.1) is 25.8 Å². The molecule has 1 aromatic carbocycles. The molecular weight excluding hydrogens is 1070 g/mol. The summed E-state index contributed by atoms with van der Waals surface area (Å²) in [6.07, 6.45) is 5.67. The van der Waals surface area contributed by atoms with E-state index in [4.69, 9.17) is 33.4 Å². The lowest BCUT2D eigenvalue weighted by Crippen LogP contribution is -2.59. The number of benzene rings is 1. The Morgan fingerprint density at radius 2 is 1.21 bits per heavy atom. The number of aliphatic hydroxyl groups excluding tert-OH is 1. The first-order chi connectivity index (χ1) is 38.9. The van der Waals surface area contributed by atoms with Crippen molar-refractivity contribution in [3.63, 3.8) is 0 Å². The van der Waals surface area contributed by atoms with Gasteiger partial charge in [0.2, 0.25) is 35.5 Å². The van der Waals surface area contributed by atoms with Crippen LogP contribution in [0, 0.1) is 0 Å². The summed E-state index contributed by atoms with van der Waals surface area (Å²) in [5, 5.41) is 39.0. The van der Waals surface area contributed by atoms with Crippen LogP contribution in [-0.4, -0.2) is 171 Å². The summed E-state index contributed by atoms with van der Waals surface area (Å²) in [5.74, 6) is -5.04. The number of hydrogen-bond donors (Lipinski definition) is 15. The molecule has 0 saturated heterocycles. The number of aliphatic carboxylic acids is 1. The van der Waals surface area contributed by atoms with E-state index in [1.54, 1.807) is 24.3 Å². The number of imidazole rings is 1. The molecule has 6 amide bonds. The van der Waals surface area contributed by atoms with Gasteiger partial charge in [-0.1, -0.05) is 25.5 Å². The van der Waals surface area contributed by atoms with Crippen molar-refractivity contribution in [1.82, 2.24) is 51.4 Å². The topological polar surface area (TPSA) is 464 Å². The average Bonchev–Trinajstić information content (AvgIpc) is 3.76. The zero-order chi connectivity index (χ0) is 59.7. The van der Waals surface area contributed by atoms with Gasteiger partial charge >= 0.3 is 17.6 Å². The van der Waals surface area contributed by atoms with E-state index in [0.29, 0.717) is 98.4 Å². The molecule has 29 heteroatoms. The number of rotatable bonds is 42. The average molecular weight is 1160 g/mol. The summed E-state index contributed by atoms with van der Waals surface area (Å²) in [5.41, 5.74) is 30.5. The van der Waals surface area contributed by atoms with Gasteiger partial charge in [0.25, 0.3) is 5.91 Å². The normalized spacial score (nSPS) is 13.4. The fourth-order valence-electron chi connectivity index (χ4n) is 8.14. The quantitative estimate of drug-likeness (QED) is 0.0233. The Labute approximate surface area is 475 Å². The molecular formula is C52H86N16O12S. The Balaban J connectivity index is 1.79. The van der Waals surface area contributed by atoms with Gasteiger partial charge in [0.1, 0.15) is 35.7 Å². The minimum Gasteiger partial charge on any atom is -0.480 e. The SMILES string of the molecule is CCCCNc1nc(N)c2[nH]c(=O)n(Cc3ccc(C(=O)NCCCC[C@H](NC(=O)[C@H](CCCCN)NC(=O)[C@H](CO)NC(=O)[C@@H](N)CSCCCOC(C)=O)C(=O)N[C@@H](CCCCN)C(=O)N[C@@H](CCCCN)C(=O)O)cc3)c2n1. The number of nitrogens with two attached hydrogens (primary N) is 5. The molecule has 0 spiro atoms. The van der Waals surface area contributed by atoms with Crippen molar-refractivity contribution in [2.45, 2.75) is 153 Å². The van der Waals surface area contributed by atoms with Gasteiger partial charge in [-0.3, -0.25) is 38.1 Å². The smallest absolute Gasteiger partial charge is 0.328 e. The number of aromatic nitrogens is 4. The number of carboxylic acids is 1. The predicted molar refractivity (Wildman–Crippen MR) is 307 cm³/mol. The molecule has 2 heterocycles. The Morgan fingerprint density at radius 3 is 1.73 bits per heavy atom. The Bertz CT molecular complexity index is 2530. The van der Waals surface area contributed by atoms with Crippen LogP contribution in [0.15, 0.2) is 29.1 Å². The number of unbranched alkanes of at least 4 members (excludes halogenated alkanes) is 5. The van der Waals surface area contributed by atoms with Crippen molar-refractivity contribution in [3.8, 4) is 0 Å². The lowest BCUT2D eigenvalue weighted by atomic mass is 10.0. The number of carbonyl (C=O) groups is 8. The number of hydrogen-bond acceptors (Lipinski definition) is 20. The molecule has 452 valence electrons. The van der Waals surface area contributed by atoms with E-state index >= 15 is 0 Å². The minimum absolute atomic E-state index is 0.0277. The molecule has 0 bridgehead atoms. The van der Waals surface area contributed by atoms with Gasteiger partial charge in [0.15, 0.2) is 11.5 Å². The van der Waals surface area contributed by atoms with E-state index in [1.807, 2.05) is 0 Å². The monoisotopic (exact) mass is 1160 g/mol. The number of carbonyl (C=O) groups excluding carboxylic acids is 7. The van der Waals surface area contributed by atoms with Crippen molar-refractivity contribution >= 4 is 82.1 Å². The van der Waals surface area contributed by atoms with Crippen LogP contribution in [0.25, 0.3) is 11.2 Å². The maximum Gasteiger partial charge on any atom is 0.328 e. The number of fused-ring (bicyclic) bond motifs is 1. The summed E-state index contributed by atoms with van der Waals surface area (Å²) >= 11 is 1.32. The number of anilines is 2. The zero-order valence-electron chi connectivity index (χ0n) is 46.6. The molecule has 6 atom stereocenters. The Morgan fingerprint density at radius 1 is 0.691 bits per heavy atom. The summed E-state index contributed by atoms with van der Waals surface area (Å²) in [4.78, 5) is 130. The van der Waals surface area contributed by atoms with Gasteiger partial charge < -0.3 is 85.8 Å². The number of esters is 1. The lowest BCUT2D eigenvalue weighted by Gasteiger charge is -2.27. The first kappa shape index (κ1) is 68.4. The second-order valence-corrected chi connectivity index (χ2v) is 20.6. The molecule has 0 unspecified atom stereocenters. The van der Waals surface area contributed by atoms with E-state index in [1.165, 1.54) is 23.3 Å². The van der Waals surface area contributed by atoms with Crippen LogP contribution in [0.4, 0.5) is 11.8 Å². The molecule has 0 radical (unpaired) electrons. The highest BCUT2D eigenvalue weighted by atomic mass is 32.2. The molecule has 0 fully saturated rings. The maximum atomic E-state index is 14.3. The van der Waals surface area contributed by atoms with Gasteiger partial charge in [-0.05, 0) is 133 Å². The summed E-state index contributed by atoms with van der Waals surface area (Å²) in [6.45, 7) is 4.44. The van der Waals surface area contributed by atoms with Crippen LogP contribution in [0.3, 0.4) is 0 Å². The van der Waals surface area contributed by atoms with Gasteiger partial charge in [0, 0.05) is 31.3 Å². The molecule has 0 aliphatic rings. The molecule has 0 aliphatic carbocycles. The molecule has 81 heavy (non-hydrogen) atoms. The van der Waals surface area contributed by atoms with E-state index in [-0.39, 0.29) is 76.5 Å². The summed E-state index contributed by atoms with van der Waals surface area (Å²) in [7, 11) is 0. The molecule has 3 rings (SSSR count). The van der Waals surface area contributed by atoms with Crippen LogP contribution in [0.5, 0.6) is 0 Å². The third-order valence-corrected chi connectivity index (χ3v) is 13.9. The van der Waals surface area contributed by atoms with E-state index in [0.717, 1.165) is 12.8 Å². The third kappa shape index (κ3) is 24.8. The van der Waals surface area contributed by atoms with Crippen LogP contribution >= 0.6 is 11.8 Å². The van der Waals surface area contributed by atoms with Crippen LogP contribution < -0.4 is 71.6 Å². The van der Waals surface area contributed by atoms with Crippen LogP contribution in [0.1, 0.15) is 126 Å². The van der Waals surface area contributed by atoms with E-state index in [2.05, 4.69) is 59.1 Å². The zero-order valence-corrected chi connectivity index (χ0v) is 47.4. The third-order valence-electron chi connectivity index (χ3n) is 12.8. The summed E-state index contributed by atoms with van der Waals surface area (Å²) in [6, 6.07) is -1.16. The minimum atomic E-state index is -1.52. The van der Waals surface area contributed by atoms with E-state index < -0.39 is 95.9 Å². The number of aromatic amines is 1. The maximum absolute atomic E-state index is 14.3. The first-order valence-electron chi connectivity index (χ1n) is 27.7. The van der Waals surface area contributed by atoms with Crippen molar-refractivity contribution in [2.75, 3.05) is 68.5 Å². The summed E-state index contributed by atoms with van der Waals surface area (Å²) < 4.78 is 6.32. The highest BCUT2D eigenvalue weighted by Crippen LogP contribution is 2.18. The fraction of sp³-hybridized carbons (Fsp3) is 0.635. The Hall–Kier alpha value is -6.92. The van der Waals surface area contributed by atoms with Gasteiger partial charge in [-0.25, -0.2) is 9.59 Å². The van der Waals surface area contributed by atoms with Gasteiger partial charge in [-0.15, -0.1) is 0 Å². The molecule has 2 aromatic heterocycles.